The zero-order chi connectivity index (χ0) is 17.1. The molecule has 7 heteroatoms. The highest BCUT2D eigenvalue weighted by molar-refractivity contribution is 6.32. The van der Waals surface area contributed by atoms with Crippen LogP contribution in [0.25, 0.3) is 16.9 Å². The topological polar surface area (TPSA) is 68.5 Å². The molecule has 0 bridgehead atoms. The molecule has 124 valence electrons. The Bertz CT molecular complexity index is 878. The van der Waals surface area contributed by atoms with Gasteiger partial charge in [-0.05, 0) is 25.5 Å². The first-order valence-electron chi connectivity index (χ1n) is 7.62. The Kier molecular flexibility index (Phi) is 4.66. The van der Waals surface area contributed by atoms with Crippen LogP contribution >= 0.6 is 11.6 Å². The van der Waals surface area contributed by atoms with Gasteiger partial charge in [0, 0.05) is 30.7 Å². The molecule has 0 unspecified atom stereocenters. The molecule has 1 atom stereocenters. The Hall–Kier alpha value is -2.60. The Labute approximate surface area is 144 Å². The first kappa shape index (κ1) is 16.3. The van der Waals surface area contributed by atoms with E-state index in [0.717, 1.165) is 16.8 Å². The summed E-state index contributed by atoms with van der Waals surface area (Å²) in [6.45, 7) is 4.20. The van der Waals surface area contributed by atoms with Gasteiger partial charge in [0.15, 0.2) is 10.8 Å². The molecule has 0 radical (unpaired) electrons. The molecular formula is C17H17ClN4O2. The molecule has 1 N–H and O–H groups in total. The summed E-state index contributed by atoms with van der Waals surface area (Å²) in [5, 5.41) is 2.96. The second-order valence-corrected chi connectivity index (χ2v) is 5.64. The van der Waals surface area contributed by atoms with Crippen molar-refractivity contribution in [2.24, 2.45) is 0 Å². The maximum atomic E-state index is 11.6. The van der Waals surface area contributed by atoms with Gasteiger partial charge in [-0.3, -0.25) is 0 Å². The predicted molar refractivity (Wildman–Crippen MR) is 92.0 cm³/mol. The molecule has 0 spiro atoms. The summed E-state index contributed by atoms with van der Waals surface area (Å²) in [7, 11) is 0. The maximum absolute atomic E-state index is 11.6. The Balaban J connectivity index is 1.90. The Morgan fingerprint density at radius 3 is 3.08 bits per heavy atom. The number of nitrogens with zero attached hydrogens (tertiary/aromatic N) is 3. The minimum atomic E-state index is -0.434. The molecule has 0 fully saturated rings. The van der Waals surface area contributed by atoms with E-state index >= 15 is 0 Å². The number of rotatable bonds is 4. The van der Waals surface area contributed by atoms with Crippen LogP contribution in [0.5, 0.6) is 0 Å². The van der Waals surface area contributed by atoms with Crippen LogP contribution in [-0.2, 0) is 4.74 Å². The number of alkyl carbamates (subject to hydrolysis) is 1. The van der Waals surface area contributed by atoms with Crippen molar-refractivity contribution in [2.45, 2.75) is 20.0 Å². The number of nitrogens with one attached hydrogen (secondary N) is 1. The third kappa shape index (κ3) is 3.33. The van der Waals surface area contributed by atoms with Gasteiger partial charge in [0.2, 0.25) is 0 Å². The largest absolute Gasteiger partial charge is 0.442 e. The fraction of sp³-hybridized carbons (Fsp3) is 0.235. The standard InChI is InChI=1S/C17H17ClN4O2/c1-3-19-17(23)24-11(2)12-5-4-6-13(9-12)14-10-22-8-7-20-16(22)15(18)21-14/h4-11H,3H2,1-2H3,(H,19,23)/t11-/m1/s1. The molecule has 2 aromatic heterocycles. The molecule has 1 aromatic carbocycles. The highest BCUT2D eigenvalue weighted by atomic mass is 35.5. The van der Waals surface area contributed by atoms with Crippen molar-refractivity contribution in [3.05, 3.63) is 53.6 Å². The first-order valence-corrected chi connectivity index (χ1v) is 8.00. The molecular weight excluding hydrogens is 328 g/mol. The molecule has 6 nitrogen and oxygen atoms in total. The average molecular weight is 345 g/mol. The SMILES string of the molecule is CCNC(=O)O[C@H](C)c1cccc(-c2cn3ccnc3c(Cl)n2)c1. The van der Waals surface area contributed by atoms with Gasteiger partial charge in [-0.1, -0.05) is 29.8 Å². The molecule has 0 saturated heterocycles. The van der Waals surface area contributed by atoms with E-state index < -0.39 is 6.09 Å². The number of fused-ring (bicyclic) bond motifs is 1. The summed E-state index contributed by atoms with van der Waals surface area (Å²) in [5.41, 5.74) is 3.10. The molecule has 0 aliphatic rings. The van der Waals surface area contributed by atoms with E-state index in [1.54, 1.807) is 6.20 Å². The molecule has 2 heterocycles. The molecule has 1 amide bonds. The van der Waals surface area contributed by atoms with Crippen LogP contribution in [0.2, 0.25) is 5.15 Å². The van der Waals surface area contributed by atoms with Crippen LogP contribution in [0.3, 0.4) is 0 Å². The van der Waals surface area contributed by atoms with Gasteiger partial charge >= 0.3 is 6.09 Å². The van der Waals surface area contributed by atoms with E-state index in [4.69, 9.17) is 16.3 Å². The summed E-state index contributed by atoms with van der Waals surface area (Å²) < 4.78 is 7.16. The quantitative estimate of drug-likeness (QED) is 0.780. The van der Waals surface area contributed by atoms with Gasteiger partial charge in [-0.2, -0.15) is 0 Å². The summed E-state index contributed by atoms with van der Waals surface area (Å²) in [6.07, 6.45) is 4.55. The van der Waals surface area contributed by atoms with Gasteiger partial charge in [0.05, 0.1) is 5.69 Å². The zero-order valence-electron chi connectivity index (χ0n) is 13.4. The van der Waals surface area contributed by atoms with Crippen LogP contribution in [0, 0.1) is 0 Å². The molecule has 3 rings (SSSR count). The third-order valence-electron chi connectivity index (χ3n) is 3.59. The van der Waals surface area contributed by atoms with E-state index in [2.05, 4.69) is 15.3 Å². The van der Waals surface area contributed by atoms with E-state index in [1.165, 1.54) is 0 Å². The second-order valence-electron chi connectivity index (χ2n) is 5.28. The molecule has 0 aliphatic heterocycles. The number of hydrogen-bond acceptors (Lipinski definition) is 4. The van der Waals surface area contributed by atoms with Crippen LogP contribution < -0.4 is 5.32 Å². The molecule has 0 saturated carbocycles. The van der Waals surface area contributed by atoms with Gasteiger partial charge in [-0.15, -0.1) is 0 Å². The van der Waals surface area contributed by atoms with E-state index in [9.17, 15) is 4.79 Å². The van der Waals surface area contributed by atoms with Crippen LogP contribution in [0.15, 0.2) is 42.9 Å². The average Bonchev–Trinajstić information content (AvgIpc) is 3.04. The predicted octanol–water partition coefficient (Wildman–Crippen LogP) is 3.86. The lowest BCUT2D eigenvalue weighted by Crippen LogP contribution is -2.24. The number of amides is 1. The minimum absolute atomic E-state index is 0.342. The highest BCUT2D eigenvalue weighted by Crippen LogP contribution is 2.25. The number of aromatic nitrogens is 3. The number of carbonyl (C=O) groups excluding carboxylic acids is 1. The lowest BCUT2D eigenvalue weighted by molar-refractivity contribution is 0.107. The maximum Gasteiger partial charge on any atom is 0.407 e. The number of carbonyl (C=O) groups is 1. The van der Waals surface area contributed by atoms with Crippen LogP contribution in [-0.4, -0.2) is 27.0 Å². The van der Waals surface area contributed by atoms with Gasteiger partial charge in [0.25, 0.3) is 0 Å². The summed E-state index contributed by atoms with van der Waals surface area (Å²) in [4.78, 5) is 20.1. The smallest absolute Gasteiger partial charge is 0.407 e. The van der Waals surface area contributed by atoms with E-state index in [-0.39, 0.29) is 6.10 Å². The fourth-order valence-corrected chi connectivity index (χ4v) is 2.64. The van der Waals surface area contributed by atoms with Crippen molar-refractivity contribution in [1.82, 2.24) is 19.7 Å². The Morgan fingerprint density at radius 2 is 2.29 bits per heavy atom. The molecule has 24 heavy (non-hydrogen) atoms. The van der Waals surface area contributed by atoms with Crippen LogP contribution in [0.1, 0.15) is 25.5 Å². The lowest BCUT2D eigenvalue weighted by Gasteiger charge is -2.15. The minimum Gasteiger partial charge on any atom is -0.442 e. The van der Waals surface area contributed by atoms with Crippen molar-refractivity contribution in [2.75, 3.05) is 6.54 Å². The number of imidazole rings is 1. The number of benzene rings is 1. The Morgan fingerprint density at radius 1 is 1.46 bits per heavy atom. The normalized spacial score (nSPS) is 12.1. The highest BCUT2D eigenvalue weighted by Gasteiger charge is 2.13. The van der Waals surface area contributed by atoms with Crippen molar-refractivity contribution < 1.29 is 9.53 Å². The van der Waals surface area contributed by atoms with Crippen molar-refractivity contribution in [3.8, 4) is 11.3 Å². The van der Waals surface area contributed by atoms with Crippen molar-refractivity contribution in [3.63, 3.8) is 0 Å². The summed E-state index contributed by atoms with van der Waals surface area (Å²) >= 11 is 6.19. The van der Waals surface area contributed by atoms with Crippen LogP contribution in [0.4, 0.5) is 4.79 Å². The lowest BCUT2D eigenvalue weighted by atomic mass is 10.1. The molecule has 0 aliphatic carbocycles. The fourth-order valence-electron chi connectivity index (χ4n) is 2.40. The monoisotopic (exact) mass is 344 g/mol. The van der Waals surface area contributed by atoms with E-state index in [1.807, 2.05) is 54.9 Å². The van der Waals surface area contributed by atoms with E-state index in [0.29, 0.717) is 17.3 Å². The van der Waals surface area contributed by atoms with Gasteiger partial charge in [0.1, 0.15) is 6.10 Å². The third-order valence-corrected chi connectivity index (χ3v) is 3.84. The van der Waals surface area contributed by atoms with Gasteiger partial charge < -0.3 is 14.5 Å². The number of hydrogen-bond donors (Lipinski definition) is 1. The van der Waals surface area contributed by atoms with Crippen molar-refractivity contribution >= 4 is 23.3 Å². The summed E-state index contributed by atoms with van der Waals surface area (Å²) in [6, 6.07) is 7.68. The number of ether oxygens (including phenoxy) is 1. The summed E-state index contributed by atoms with van der Waals surface area (Å²) in [5.74, 6) is 0. The van der Waals surface area contributed by atoms with Gasteiger partial charge in [-0.25, -0.2) is 14.8 Å². The zero-order valence-corrected chi connectivity index (χ0v) is 14.1. The molecule has 3 aromatic rings. The number of halogens is 1. The first-order chi connectivity index (χ1) is 11.6. The second kappa shape index (κ2) is 6.88. The van der Waals surface area contributed by atoms with Crippen molar-refractivity contribution in [1.29, 1.82) is 0 Å².